The molecular formula is C38H45F3N2O3. The molecule has 5 nitrogen and oxygen atoms in total. The van der Waals surface area contributed by atoms with E-state index in [2.05, 4.69) is 43.9 Å². The van der Waals surface area contributed by atoms with Crippen molar-refractivity contribution in [3.8, 4) is 11.5 Å². The molecule has 1 fully saturated rings. The van der Waals surface area contributed by atoms with Gasteiger partial charge in [0.15, 0.2) is 5.78 Å². The van der Waals surface area contributed by atoms with Crippen molar-refractivity contribution in [2.45, 2.75) is 71.4 Å². The molecule has 1 saturated carbocycles. The molecular weight excluding hydrogens is 589 g/mol. The van der Waals surface area contributed by atoms with Gasteiger partial charge in [0, 0.05) is 49.1 Å². The summed E-state index contributed by atoms with van der Waals surface area (Å²) in [4.78, 5) is 28.1. The Morgan fingerprint density at radius 3 is 2.24 bits per heavy atom. The third-order valence-corrected chi connectivity index (χ3v) is 8.50. The highest BCUT2D eigenvalue weighted by Crippen LogP contribution is 2.31. The molecule has 0 bridgehead atoms. The van der Waals surface area contributed by atoms with E-state index >= 15 is 0 Å². The fourth-order valence-corrected chi connectivity index (χ4v) is 5.79. The van der Waals surface area contributed by atoms with Crippen molar-refractivity contribution in [2.24, 2.45) is 11.8 Å². The predicted octanol–water partition coefficient (Wildman–Crippen LogP) is 7.75. The largest absolute Gasteiger partial charge is 0.457 e. The van der Waals surface area contributed by atoms with Gasteiger partial charge in [-0.05, 0) is 116 Å². The molecule has 0 aliphatic heterocycles. The summed E-state index contributed by atoms with van der Waals surface area (Å²) in [6, 6.07) is 15.0. The molecule has 1 atom stereocenters. The number of ketones is 1. The number of nitrogens with one attached hydrogen (secondary N) is 1. The Hall–Kier alpha value is -4.07. The van der Waals surface area contributed by atoms with Crippen LogP contribution in [0.15, 0.2) is 60.7 Å². The Bertz CT molecular complexity index is 1580. The summed E-state index contributed by atoms with van der Waals surface area (Å²) in [6.45, 7) is 10.1. The molecule has 0 saturated heterocycles. The van der Waals surface area contributed by atoms with E-state index in [0.717, 1.165) is 78.9 Å². The quantitative estimate of drug-likeness (QED) is 0.164. The zero-order chi connectivity index (χ0) is 33.3. The molecule has 3 aromatic carbocycles. The maximum atomic E-state index is 12.9. The highest BCUT2D eigenvalue weighted by molar-refractivity contribution is 5.96. The van der Waals surface area contributed by atoms with E-state index < -0.39 is 11.7 Å². The summed E-state index contributed by atoms with van der Waals surface area (Å²) in [6.07, 6.45) is 5.01. The van der Waals surface area contributed by atoms with Gasteiger partial charge in [0.1, 0.15) is 11.5 Å². The SMILES string of the molecule is C=c1ccc(C(=O)NCC2CC2)c(CC)/c1=C/N(C)CC(CCC)CCCC(=O)c1ccc(Oc2ccc(C(F)(F)F)cc2)cc1. The van der Waals surface area contributed by atoms with Gasteiger partial charge in [0.25, 0.3) is 5.91 Å². The minimum atomic E-state index is -4.40. The lowest BCUT2D eigenvalue weighted by Gasteiger charge is -2.23. The van der Waals surface area contributed by atoms with Crippen LogP contribution in [0, 0.1) is 11.8 Å². The highest BCUT2D eigenvalue weighted by Gasteiger charge is 2.30. The average molecular weight is 635 g/mol. The summed E-state index contributed by atoms with van der Waals surface area (Å²) in [5.74, 6) is 1.78. The minimum Gasteiger partial charge on any atom is -0.457 e. The second kappa shape index (κ2) is 16.0. The number of carbonyl (C=O) groups is 2. The fourth-order valence-electron chi connectivity index (χ4n) is 5.79. The normalized spacial score (nSPS) is 14.2. The van der Waals surface area contributed by atoms with Gasteiger partial charge in [-0.1, -0.05) is 32.9 Å². The summed E-state index contributed by atoms with van der Waals surface area (Å²) >= 11 is 0. The molecule has 1 aliphatic rings. The number of hydrogen-bond donors (Lipinski definition) is 1. The van der Waals surface area contributed by atoms with Crippen LogP contribution in [0.5, 0.6) is 11.5 Å². The van der Waals surface area contributed by atoms with E-state index in [1.165, 1.54) is 25.0 Å². The number of ether oxygens (including phenoxy) is 1. The van der Waals surface area contributed by atoms with E-state index in [4.69, 9.17) is 4.74 Å². The zero-order valence-electron chi connectivity index (χ0n) is 27.1. The number of rotatable bonds is 16. The Labute approximate surface area is 270 Å². The first kappa shape index (κ1) is 34.8. The molecule has 0 aromatic heterocycles. The Kier molecular flexibility index (Phi) is 12.1. The number of carbonyl (C=O) groups excluding carboxylic acids is 2. The van der Waals surface area contributed by atoms with Crippen molar-refractivity contribution in [2.75, 3.05) is 20.1 Å². The molecule has 0 spiro atoms. The van der Waals surface area contributed by atoms with E-state index in [-0.39, 0.29) is 17.4 Å². The van der Waals surface area contributed by atoms with Crippen molar-refractivity contribution in [1.82, 2.24) is 10.2 Å². The monoisotopic (exact) mass is 634 g/mol. The Morgan fingerprint density at radius 1 is 1.00 bits per heavy atom. The Balaban J connectivity index is 1.32. The predicted molar refractivity (Wildman–Crippen MR) is 177 cm³/mol. The van der Waals surface area contributed by atoms with Crippen LogP contribution in [-0.4, -0.2) is 36.7 Å². The first-order valence-electron chi connectivity index (χ1n) is 16.3. The smallest absolute Gasteiger partial charge is 0.416 e. The molecule has 46 heavy (non-hydrogen) atoms. The molecule has 0 heterocycles. The summed E-state index contributed by atoms with van der Waals surface area (Å²) in [5.41, 5.74) is 1.58. The van der Waals surface area contributed by atoms with Gasteiger partial charge in [-0.2, -0.15) is 13.2 Å². The first-order valence-corrected chi connectivity index (χ1v) is 16.3. The molecule has 0 radical (unpaired) electrons. The van der Waals surface area contributed by atoms with Crippen molar-refractivity contribution in [1.29, 1.82) is 0 Å². The lowest BCUT2D eigenvalue weighted by Crippen LogP contribution is -2.36. The van der Waals surface area contributed by atoms with E-state index in [1.807, 2.05) is 12.1 Å². The first-order chi connectivity index (χ1) is 22.0. The second-order valence-corrected chi connectivity index (χ2v) is 12.4. The second-order valence-electron chi connectivity index (χ2n) is 12.4. The van der Waals surface area contributed by atoms with Crippen molar-refractivity contribution in [3.05, 3.63) is 93.4 Å². The molecule has 1 unspecified atom stereocenters. The van der Waals surface area contributed by atoms with Crippen LogP contribution in [-0.2, 0) is 12.6 Å². The number of benzene rings is 3. The number of hydrogen-bond acceptors (Lipinski definition) is 4. The third kappa shape index (κ3) is 9.96. The number of alkyl halides is 3. The maximum Gasteiger partial charge on any atom is 0.416 e. The van der Waals surface area contributed by atoms with Crippen LogP contribution >= 0.6 is 0 Å². The topological polar surface area (TPSA) is 58.6 Å². The third-order valence-electron chi connectivity index (χ3n) is 8.50. The number of Topliss-reactive ketones (excluding diaryl/α,β-unsaturated/α-hetero) is 1. The maximum absolute atomic E-state index is 12.9. The van der Waals surface area contributed by atoms with Gasteiger partial charge in [-0.15, -0.1) is 0 Å². The summed E-state index contributed by atoms with van der Waals surface area (Å²) in [7, 11) is 2.06. The van der Waals surface area contributed by atoms with Gasteiger partial charge in [0.2, 0.25) is 0 Å². The van der Waals surface area contributed by atoms with Crippen LogP contribution in [0.1, 0.15) is 90.6 Å². The average Bonchev–Trinajstić information content (AvgIpc) is 3.86. The highest BCUT2D eigenvalue weighted by atomic mass is 19.4. The van der Waals surface area contributed by atoms with Crippen LogP contribution in [0.2, 0.25) is 0 Å². The Morgan fingerprint density at radius 2 is 1.65 bits per heavy atom. The van der Waals surface area contributed by atoms with Crippen LogP contribution < -0.4 is 20.5 Å². The van der Waals surface area contributed by atoms with Crippen molar-refractivity contribution >= 4 is 24.5 Å². The molecule has 4 rings (SSSR count). The molecule has 3 aromatic rings. The number of nitrogens with zero attached hydrogens (tertiary/aromatic N) is 1. The zero-order valence-corrected chi connectivity index (χ0v) is 27.1. The van der Waals surface area contributed by atoms with Crippen molar-refractivity contribution in [3.63, 3.8) is 0 Å². The van der Waals surface area contributed by atoms with Crippen molar-refractivity contribution < 1.29 is 27.5 Å². The van der Waals surface area contributed by atoms with Gasteiger partial charge in [-0.3, -0.25) is 9.59 Å². The van der Waals surface area contributed by atoms with E-state index in [1.54, 1.807) is 24.3 Å². The van der Waals surface area contributed by atoms with Crippen LogP contribution in [0.3, 0.4) is 0 Å². The summed E-state index contributed by atoms with van der Waals surface area (Å²) in [5, 5.41) is 4.99. The molecule has 8 heteroatoms. The van der Waals surface area contributed by atoms with Gasteiger partial charge in [-0.25, -0.2) is 0 Å². The minimum absolute atomic E-state index is 0.0177. The van der Waals surface area contributed by atoms with Gasteiger partial charge in [0.05, 0.1) is 5.56 Å². The number of halogens is 3. The fraction of sp³-hybridized carbons (Fsp3) is 0.421. The van der Waals surface area contributed by atoms with Gasteiger partial charge < -0.3 is 15.0 Å². The summed E-state index contributed by atoms with van der Waals surface area (Å²) < 4.78 is 44.0. The lowest BCUT2D eigenvalue weighted by atomic mass is 9.94. The molecule has 246 valence electrons. The lowest BCUT2D eigenvalue weighted by molar-refractivity contribution is -0.137. The van der Waals surface area contributed by atoms with E-state index in [9.17, 15) is 22.8 Å². The van der Waals surface area contributed by atoms with Crippen LogP contribution in [0.25, 0.3) is 12.8 Å². The molecule has 1 amide bonds. The van der Waals surface area contributed by atoms with Crippen LogP contribution in [0.4, 0.5) is 13.2 Å². The standard InChI is InChI=1S/C38H45F3N2O3/c1-5-8-28(24-43(4)25-35-26(3)11-22-34(33(35)6-2)37(45)42-23-27-12-13-27)9-7-10-36(44)29-14-18-31(19-15-29)46-32-20-16-30(17-21-32)38(39,40)41/h11,14-22,25,27-28H,3,5-10,12-13,23-24H2,1-2,4H3,(H,42,45)/b35-25+. The van der Waals surface area contributed by atoms with E-state index in [0.29, 0.717) is 29.6 Å². The number of amides is 1. The molecule has 1 aliphatic carbocycles. The van der Waals surface area contributed by atoms with Gasteiger partial charge >= 0.3 is 6.18 Å². The molecule has 1 N–H and O–H groups in total.